The Hall–Kier alpha value is -2.87. The van der Waals surface area contributed by atoms with Gasteiger partial charge in [0.2, 0.25) is 23.6 Å². The average molecular weight is 503 g/mol. The molecule has 1 rings (SSSR count). The van der Waals surface area contributed by atoms with Crippen molar-refractivity contribution in [2.45, 2.75) is 70.0 Å². The molecule has 0 aromatic carbocycles. The van der Waals surface area contributed by atoms with Crippen molar-refractivity contribution in [1.82, 2.24) is 20.9 Å². The SMILES string of the molecule is CCSC(N)(CC(=O)N[C@H](C(=O)N[C@@H](CCCNC(N)=O)C(=O)O)C(C)C)N1C(=O)CCC1=O. The molecule has 0 aromatic rings. The third-order valence-electron chi connectivity index (χ3n) is 5.09. The van der Waals surface area contributed by atoms with Crippen molar-refractivity contribution in [3.05, 3.63) is 0 Å². The Kier molecular flexibility index (Phi) is 11.3. The third kappa shape index (κ3) is 8.48. The molecule has 0 spiro atoms. The zero-order valence-corrected chi connectivity index (χ0v) is 20.4. The van der Waals surface area contributed by atoms with Gasteiger partial charge < -0.3 is 26.8 Å². The number of carboxylic acids is 1. The summed E-state index contributed by atoms with van der Waals surface area (Å²) < 4.78 is 0. The first-order valence-electron chi connectivity index (χ1n) is 11.0. The number of primary amides is 1. The smallest absolute Gasteiger partial charge is 0.326 e. The zero-order valence-electron chi connectivity index (χ0n) is 19.6. The van der Waals surface area contributed by atoms with Gasteiger partial charge >= 0.3 is 12.0 Å². The summed E-state index contributed by atoms with van der Waals surface area (Å²) in [6.07, 6.45) is -0.113. The minimum atomic E-state index is -1.60. The van der Waals surface area contributed by atoms with Gasteiger partial charge in [-0.25, -0.2) is 9.59 Å². The average Bonchev–Trinajstić information content (AvgIpc) is 3.06. The molecule has 34 heavy (non-hydrogen) atoms. The van der Waals surface area contributed by atoms with Crippen molar-refractivity contribution in [2.75, 3.05) is 12.3 Å². The molecule has 14 heteroatoms. The second-order valence-electron chi connectivity index (χ2n) is 8.20. The lowest BCUT2D eigenvalue weighted by Crippen LogP contribution is -2.60. The van der Waals surface area contributed by atoms with E-state index in [1.165, 1.54) is 0 Å². The van der Waals surface area contributed by atoms with Crippen LogP contribution in [0.3, 0.4) is 0 Å². The Bertz CT molecular complexity index is 792. The molecule has 8 N–H and O–H groups in total. The van der Waals surface area contributed by atoms with E-state index in [-0.39, 0.29) is 32.2 Å². The van der Waals surface area contributed by atoms with Crippen molar-refractivity contribution in [3.8, 4) is 0 Å². The number of likely N-dealkylation sites (tertiary alicyclic amines) is 1. The topological polar surface area (TPSA) is 214 Å². The number of carbonyl (C=O) groups excluding carboxylic acids is 5. The monoisotopic (exact) mass is 502 g/mol. The van der Waals surface area contributed by atoms with Gasteiger partial charge in [-0.05, 0) is 24.5 Å². The van der Waals surface area contributed by atoms with Gasteiger partial charge in [0.1, 0.15) is 12.1 Å². The predicted molar refractivity (Wildman–Crippen MR) is 124 cm³/mol. The Morgan fingerprint density at radius 1 is 1.15 bits per heavy atom. The molecule has 1 heterocycles. The minimum absolute atomic E-state index is 0.0201. The molecule has 0 radical (unpaired) electrons. The molecule has 6 amide bonds. The highest BCUT2D eigenvalue weighted by Crippen LogP contribution is 2.32. The Morgan fingerprint density at radius 2 is 1.74 bits per heavy atom. The molecule has 1 aliphatic heterocycles. The van der Waals surface area contributed by atoms with Crippen LogP contribution in [-0.4, -0.2) is 75.0 Å². The summed E-state index contributed by atoms with van der Waals surface area (Å²) in [4.78, 5) is 71.6. The van der Waals surface area contributed by atoms with E-state index in [0.717, 1.165) is 16.7 Å². The van der Waals surface area contributed by atoms with Crippen LogP contribution >= 0.6 is 11.8 Å². The van der Waals surface area contributed by atoms with Gasteiger partial charge in [-0.3, -0.25) is 29.8 Å². The van der Waals surface area contributed by atoms with E-state index in [9.17, 15) is 33.9 Å². The molecular weight excluding hydrogens is 468 g/mol. The van der Waals surface area contributed by atoms with Crippen LogP contribution in [0.5, 0.6) is 0 Å². The number of carbonyl (C=O) groups is 6. The maximum absolute atomic E-state index is 12.8. The van der Waals surface area contributed by atoms with Crippen LogP contribution < -0.4 is 27.4 Å². The van der Waals surface area contributed by atoms with Crippen LogP contribution in [0.2, 0.25) is 0 Å². The fraction of sp³-hybridized carbons (Fsp3) is 0.700. The van der Waals surface area contributed by atoms with Crippen LogP contribution in [0.25, 0.3) is 0 Å². The van der Waals surface area contributed by atoms with E-state index in [0.29, 0.717) is 5.75 Å². The van der Waals surface area contributed by atoms with E-state index in [4.69, 9.17) is 11.5 Å². The largest absolute Gasteiger partial charge is 0.480 e. The molecule has 0 saturated carbocycles. The Balaban J connectivity index is 2.86. The van der Waals surface area contributed by atoms with Gasteiger partial charge in [0.05, 0.1) is 6.42 Å². The standard InChI is InChI=1S/C20H34N6O7S/c1-4-34-20(22,26-14(28)7-8-15(26)29)10-13(27)25-16(11(2)3)17(30)24-12(18(31)32)6-5-9-23-19(21)33/h11-12,16H,4-10,22H2,1-3H3,(H,24,30)(H,25,27)(H,31,32)(H3,21,23,33)/t12-,16-,20?/m0/s1. The number of aliphatic carboxylic acids is 1. The van der Waals surface area contributed by atoms with Crippen LogP contribution in [0, 0.1) is 5.92 Å². The molecule has 192 valence electrons. The third-order valence-corrected chi connectivity index (χ3v) is 6.20. The second-order valence-corrected chi connectivity index (χ2v) is 9.77. The number of nitrogens with one attached hydrogen (secondary N) is 3. The van der Waals surface area contributed by atoms with E-state index in [1.807, 2.05) is 0 Å². The molecule has 1 fully saturated rings. The maximum atomic E-state index is 12.8. The van der Waals surface area contributed by atoms with Gasteiger partial charge in [-0.15, -0.1) is 11.8 Å². The summed E-state index contributed by atoms with van der Waals surface area (Å²) in [6.45, 7) is 5.24. The molecule has 13 nitrogen and oxygen atoms in total. The fourth-order valence-corrected chi connectivity index (χ4v) is 4.54. The lowest BCUT2D eigenvalue weighted by molar-refractivity contribution is -0.143. The highest BCUT2D eigenvalue weighted by atomic mass is 32.2. The fourth-order valence-electron chi connectivity index (χ4n) is 3.47. The summed E-state index contributed by atoms with van der Waals surface area (Å²) in [5, 5.41) is 16.7. The first kappa shape index (κ1) is 29.2. The Morgan fingerprint density at radius 3 is 2.21 bits per heavy atom. The number of carboxylic acid groups (broad SMARTS) is 1. The number of nitrogens with zero attached hydrogens (tertiary/aromatic N) is 1. The van der Waals surface area contributed by atoms with Crippen molar-refractivity contribution in [1.29, 1.82) is 0 Å². The van der Waals surface area contributed by atoms with Crippen molar-refractivity contribution in [3.63, 3.8) is 0 Å². The number of urea groups is 1. The molecule has 0 bridgehead atoms. The molecule has 0 aromatic heterocycles. The number of amides is 6. The quantitative estimate of drug-likeness (QED) is 0.0979. The maximum Gasteiger partial charge on any atom is 0.326 e. The normalized spacial score (nSPS) is 17.1. The number of rotatable bonds is 14. The Labute approximate surface area is 202 Å². The van der Waals surface area contributed by atoms with Gasteiger partial charge in [0.15, 0.2) is 4.99 Å². The predicted octanol–water partition coefficient (Wildman–Crippen LogP) is -0.950. The van der Waals surface area contributed by atoms with E-state index in [1.54, 1.807) is 20.8 Å². The highest BCUT2D eigenvalue weighted by Gasteiger charge is 2.45. The summed E-state index contributed by atoms with van der Waals surface area (Å²) in [5.41, 5.74) is 11.3. The molecular formula is C20H34N6O7S. The minimum Gasteiger partial charge on any atom is -0.480 e. The van der Waals surface area contributed by atoms with Gasteiger partial charge in [-0.1, -0.05) is 20.8 Å². The number of thioether (sulfide) groups is 1. The molecule has 0 aliphatic carbocycles. The van der Waals surface area contributed by atoms with Gasteiger partial charge in [0, 0.05) is 19.4 Å². The molecule has 1 aliphatic rings. The van der Waals surface area contributed by atoms with E-state index >= 15 is 0 Å². The van der Waals surface area contributed by atoms with E-state index < -0.39 is 65.0 Å². The van der Waals surface area contributed by atoms with Crippen LogP contribution in [0.1, 0.15) is 52.9 Å². The van der Waals surface area contributed by atoms with Gasteiger partial charge in [-0.2, -0.15) is 0 Å². The first-order valence-corrected chi connectivity index (χ1v) is 12.0. The lowest BCUT2D eigenvalue weighted by atomic mass is 10.0. The summed E-state index contributed by atoms with van der Waals surface area (Å²) in [5.74, 6) is -3.55. The molecule has 3 atom stereocenters. The first-order chi connectivity index (χ1) is 15.8. The second kappa shape index (κ2) is 13.1. The number of hydrogen-bond acceptors (Lipinski definition) is 8. The van der Waals surface area contributed by atoms with Crippen LogP contribution in [-0.2, 0) is 24.0 Å². The lowest BCUT2D eigenvalue weighted by Gasteiger charge is -2.36. The highest BCUT2D eigenvalue weighted by molar-refractivity contribution is 8.00. The molecule has 1 saturated heterocycles. The number of nitrogens with two attached hydrogens (primary N) is 2. The van der Waals surface area contributed by atoms with Crippen LogP contribution in [0.4, 0.5) is 4.79 Å². The summed E-state index contributed by atoms with van der Waals surface area (Å²) in [6, 6.07) is -3.07. The molecule has 1 unspecified atom stereocenters. The van der Waals surface area contributed by atoms with E-state index in [2.05, 4.69) is 16.0 Å². The number of imide groups is 1. The summed E-state index contributed by atoms with van der Waals surface area (Å²) >= 11 is 1.07. The van der Waals surface area contributed by atoms with Crippen molar-refractivity contribution in [2.24, 2.45) is 17.4 Å². The van der Waals surface area contributed by atoms with Crippen molar-refractivity contribution < 1.29 is 33.9 Å². The zero-order chi connectivity index (χ0) is 26.1. The van der Waals surface area contributed by atoms with Crippen molar-refractivity contribution >= 4 is 47.4 Å². The van der Waals surface area contributed by atoms with Crippen LogP contribution in [0.15, 0.2) is 0 Å². The number of hydrogen-bond donors (Lipinski definition) is 6. The summed E-state index contributed by atoms with van der Waals surface area (Å²) in [7, 11) is 0. The van der Waals surface area contributed by atoms with Gasteiger partial charge in [0.25, 0.3) is 0 Å².